The van der Waals surface area contributed by atoms with Gasteiger partial charge in [-0.1, -0.05) is 23.2 Å². The minimum atomic E-state index is -0.237. The largest absolute Gasteiger partial charge is 0.331 e. The molecule has 1 aromatic carbocycles. The van der Waals surface area contributed by atoms with Crippen molar-refractivity contribution in [2.24, 2.45) is 0 Å². The van der Waals surface area contributed by atoms with Crippen LogP contribution in [0, 0.1) is 0 Å². The number of carbonyl (C=O) groups excluding carboxylic acids is 1. The Bertz CT molecular complexity index is 403. The molecule has 0 spiro atoms. The van der Waals surface area contributed by atoms with Crippen molar-refractivity contribution >= 4 is 58.5 Å². The molecule has 94 valence electrons. The van der Waals surface area contributed by atoms with Crippen molar-refractivity contribution in [2.75, 3.05) is 24.0 Å². The molecule has 7 heteroatoms. The fourth-order valence-corrected chi connectivity index (χ4v) is 2.02. The molecule has 1 rings (SSSR count). The molecule has 0 aliphatic heterocycles. The van der Waals surface area contributed by atoms with Crippen LogP contribution < -0.4 is 5.32 Å². The Morgan fingerprint density at radius 2 is 2.12 bits per heavy atom. The Balaban J connectivity index is 2.58. The lowest BCUT2D eigenvalue weighted by molar-refractivity contribution is 0.243. The molecule has 0 saturated carbocycles. The third kappa shape index (κ3) is 4.84. The molecule has 0 bridgehead atoms. The van der Waals surface area contributed by atoms with E-state index >= 15 is 0 Å². The summed E-state index contributed by atoms with van der Waals surface area (Å²) in [7, 11) is 1.67. The van der Waals surface area contributed by atoms with Crippen LogP contribution in [-0.2, 0) is 0 Å². The summed E-state index contributed by atoms with van der Waals surface area (Å²) < 4.78 is 1.48. The highest BCUT2D eigenvalue weighted by Gasteiger charge is 2.09. The maximum atomic E-state index is 11.7. The van der Waals surface area contributed by atoms with Gasteiger partial charge in [-0.2, -0.15) is 0 Å². The van der Waals surface area contributed by atoms with Gasteiger partial charge in [0.15, 0.2) is 0 Å². The van der Waals surface area contributed by atoms with Crippen molar-refractivity contribution in [3.05, 3.63) is 28.2 Å². The van der Waals surface area contributed by atoms with Crippen molar-refractivity contribution < 1.29 is 4.79 Å². The van der Waals surface area contributed by atoms with E-state index in [1.807, 2.05) is 0 Å². The van der Waals surface area contributed by atoms with Gasteiger partial charge in [0.25, 0.3) is 0 Å². The molecule has 17 heavy (non-hydrogen) atoms. The number of nitrogens with one attached hydrogen (secondary N) is 1. The first kappa shape index (κ1) is 14.8. The van der Waals surface area contributed by atoms with Crippen molar-refractivity contribution in [1.29, 1.82) is 0 Å². The second-order valence-electron chi connectivity index (χ2n) is 3.08. The highest BCUT2D eigenvalue weighted by molar-refractivity contribution is 7.97. The summed E-state index contributed by atoms with van der Waals surface area (Å²) in [6, 6.07) is 4.68. The average molecular weight is 314 g/mol. The molecule has 0 saturated heterocycles. The molecular weight excluding hydrogens is 303 g/mol. The van der Waals surface area contributed by atoms with E-state index in [2.05, 4.69) is 5.32 Å². The predicted octanol–water partition coefficient (Wildman–Crippen LogP) is 4.34. The van der Waals surface area contributed by atoms with E-state index in [-0.39, 0.29) is 6.03 Å². The molecule has 0 fully saturated rings. The molecule has 0 radical (unpaired) electrons. The number of alkyl halides is 1. The minimum absolute atomic E-state index is 0.237. The Morgan fingerprint density at radius 3 is 2.71 bits per heavy atom. The van der Waals surface area contributed by atoms with Crippen LogP contribution in [0.15, 0.2) is 18.2 Å². The highest BCUT2D eigenvalue weighted by Crippen LogP contribution is 2.25. The average Bonchev–Trinajstić information content (AvgIpc) is 2.30. The number of halogens is 3. The SMILES string of the molecule is CN(SCCCl)C(=O)Nc1ccc(Cl)c(Cl)c1. The topological polar surface area (TPSA) is 32.3 Å². The third-order valence-corrected chi connectivity index (χ3v) is 3.91. The zero-order valence-electron chi connectivity index (χ0n) is 9.04. The first-order valence-electron chi connectivity index (χ1n) is 4.73. The number of nitrogens with zero attached hydrogens (tertiary/aromatic N) is 1. The molecule has 2 amide bonds. The number of hydrogen-bond acceptors (Lipinski definition) is 2. The Morgan fingerprint density at radius 1 is 1.41 bits per heavy atom. The molecule has 1 aromatic rings. The highest BCUT2D eigenvalue weighted by atomic mass is 35.5. The number of anilines is 1. The van der Waals surface area contributed by atoms with Crippen molar-refractivity contribution in [2.45, 2.75) is 0 Å². The van der Waals surface area contributed by atoms with Gasteiger partial charge in [0.1, 0.15) is 0 Å². The number of carbonyl (C=O) groups is 1. The standard InChI is InChI=1S/C10H11Cl3N2OS/c1-15(17-5-4-11)10(16)14-7-2-3-8(12)9(13)6-7/h2-3,6H,4-5H2,1H3,(H,14,16). The van der Waals surface area contributed by atoms with Gasteiger partial charge in [-0.25, -0.2) is 4.79 Å². The zero-order valence-corrected chi connectivity index (χ0v) is 12.1. The molecule has 0 aromatic heterocycles. The second-order valence-corrected chi connectivity index (χ2v) is 5.49. The Hall–Kier alpha value is -0.290. The summed E-state index contributed by atoms with van der Waals surface area (Å²) in [5.41, 5.74) is 0.600. The number of benzene rings is 1. The van der Waals surface area contributed by atoms with Gasteiger partial charge in [0, 0.05) is 24.4 Å². The molecule has 1 N–H and O–H groups in total. The van der Waals surface area contributed by atoms with Gasteiger partial charge in [0.2, 0.25) is 0 Å². The maximum Gasteiger partial charge on any atom is 0.331 e. The number of hydrogen-bond donors (Lipinski definition) is 1. The van der Waals surface area contributed by atoms with Gasteiger partial charge in [-0.05, 0) is 30.1 Å². The zero-order chi connectivity index (χ0) is 12.8. The second kappa shape index (κ2) is 7.21. The van der Waals surface area contributed by atoms with Gasteiger partial charge in [0.05, 0.1) is 10.0 Å². The number of amides is 2. The van der Waals surface area contributed by atoms with Crippen LogP contribution in [0.4, 0.5) is 10.5 Å². The van der Waals surface area contributed by atoms with Crippen LogP contribution in [0.1, 0.15) is 0 Å². The molecule has 0 aliphatic rings. The summed E-state index contributed by atoms with van der Waals surface area (Å²) in [5.74, 6) is 1.17. The number of urea groups is 1. The van der Waals surface area contributed by atoms with Gasteiger partial charge in [-0.3, -0.25) is 4.31 Å². The lowest BCUT2D eigenvalue weighted by atomic mass is 10.3. The first-order valence-corrected chi connectivity index (χ1v) is 6.96. The van der Waals surface area contributed by atoms with E-state index in [9.17, 15) is 4.79 Å². The Kier molecular flexibility index (Phi) is 6.27. The van der Waals surface area contributed by atoms with Crippen molar-refractivity contribution in [1.82, 2.24) is 4.31 Å². The predicted molar refractivity (Wildman–Crippen MR) is 76.4 cm³/mol. The fourth-order valence-electron chi connectivity index (χ4n) is 1.01. The van der Waals surface area contributed by atoms with E-state index in [1.54, 1.807) is 25.2 Å². The first-order chi connectivity index (χ1) is 8.04. The monoisotopic (exact) mass is 312 g/mol. The number of rotatable bonds is 4. The van der Waals surface area contributed by atoms with E-state index in [0.717, 1.165) is 0 Å². The van der Waals surface area contributed by atoms with E-state index < -0.39 is 0 Å². The molecule has 0 unspecified atom stereocenters. The molecular formula is C10H11Cl3N2OS. The Labute approximate surface area is 120 Å². The van der Waals surface area contributed by atoms with E-state index in [4.69, 9.17) is 34.8 Å². The normalized spacial score (nSPS) is 10.1. The van der Waals surface area contributed by atoms with Gasteiger partial charge in [-0.15, -0.1) is 11.6 Å². The van der Waals surface area contributed by atoms with Crippen LogP contribution in [0.3, 0.4) is 0 Å². The van der Waals surface area contributed by atoms with Crippen molar-refractivity contribution in [3.8, 4) is 0 Å². The van der Waals surface area contributed by atoms with Crippen LogP contribution in [0.5, 0.6) is 0 Å². The van der Waals surface area contributed by atoms with Crippen LogP contribution in [-0.4, -0.2) is 29.0 Å². The molecule has 3 nitrogen and oxygen atoms in total. The lowest BCUT2D eigenvalue weighted by Crippen LogP contribution is -2.26. The van der Waals surface area contributed by atoms with Crippen LogP contribution in [0.25, 0.3) is 0 Å². The summed E-state index contributed by atoms with van der Waals surface area (Å²) in [5, 5.41) is 3.56. The fraction of sp³-hybridized carbons (Fsp3) is 0.300. The minimum Gasteiger partial charge on any atom is -0.307 e. The van der Waals surface area contributed by atoms with Gasteiger partial charge >= 0.3 is 6.03 Å². The third-order valence-electron chi connectivity index (χ3n) is 1.82. The van der Waals surface area contributed by atoms with Gasteiger partial charge < -0.3 is 5.32 Å². The molecule has 0 heterocycles. The van der Waals surface area contributed by atoms with Crippen molar-refractivity contribution in [3.63, 3.8) is 0 Å². The molecule has 0 atom stereocenters. The van der Waals surface area contributed by atoms with E-state index in [0.29, 0.717) is 27.4 Å². The smallest absolute Gasteiger partial charge is 0.307 e. The summed E-state index contributed by atoms with van der Waals surface area (Å²) in [6.45, 7) is 0. The lowest BCUT2D eigenvalue weighted by Gasteiger charge is -2.16. The summed E-state index contributed by atoms with van der Waals surface area (Å²) >= 11 is 18.5. The quantitative estimate of drug-likeness (QED) is 0.662. The van der Waals surface area contributed by atoms with Crippen LogP contribution >= 0.6 is 46.8 Å². The maximum absolute atomic E-state index is 11.7. The van der Waals surface area contributed by atoms with Crippen LogP contribution in [0.2, 0.25) is 10.0 Å². The summed E-state index contributed by atoms with van der Waals surface area (Å²) in [6.07, 6.45) is 0. The molecule has 0 aliphatic carbocycles. The summed E-state index contributed by atoms with van der Waals surface area (Å²) in [4.78, 5) is 11.7. The van der Waals surface area contributed by atoms with E-state index in [1.165, 1.54) is 16.3 Å².